The molecule has 0 radical (unpaired) electrons. The Labute approximate surface area is 158 Å². The summed E-state index contributed by atoms with van der Waals surface area (Å²) in [5.41, 5.74) is 5.82. The summed E-state index contributed by atoms with van der Waals surface area (Å²) in [6, 6.07) is 16.6. The van der Waals surface area contributed by atoms with Crippen molar-refractivity contribution in [3.8, 4) is 0 Å². The Hall–Kier alpha value is -2.61. The van der Waals surface area contributed by atoms with Crippen molar-refractivity contribution in [1.29, 1.82) is 0 Å². The summed E-state index contributed by atoms with van der Waals surface area (Å²) < 4.78 is 0. The first kappa shape index (κ1) is 21.4. The van der Waals surface area contributed by atoms with Gasteiger partial charge in [0.1, 0.15) is 0 Å². The SMILES string of the molecule is C=CC(=C)CC.CCc1ccc(CCc2ccc(C(=O)NC)cc2)cc1. The molecule has 0 unspecified atom stereocenters. The van der Waals surface area contributed by atoms with Crippen molar-refractivity contribution in [3.63, 3.8) is 0 Å². The number of aryl methyl sites for hydroxylation is 3. The number of amides is 1. The molecule has 0 atom stereocenters. The van der Waals surface area contributed by atoms with E-state index in [1.54, 1.807) is 13.1 Å². The van der Waals surface area contributed by atoms with E-state index in [1.807, 2.05) is 24.3 Å². The van der Waals surface area contributed by atoms with Crippen molar-refractivity contribution in [2.75, 3.05) is 7.05 Å². The van der Waals surface area contributed by atoms with Gasteiger partial charge in [-0.05, 0) is 54.5 Å². The highest BCUT2D eigenvalue weighted by Crippen LogP contribution is 2.11. The molecule has 0 aromatic heterocycles. The summed E-state index contributed by atoms with van der Waals surface area (Å²) in [4.78, 5) is 11.5. The molecule has 2 aromatic carbocycles. The highest BCUT2D eigenvalue weighted by atomic mass is 16.1. The fourth-order valence-corrected chi connectivity index (χ4v) is 2.34. The first-order valence-corrected chi connectivity index (χ1v) is 9.23. The van der Waals surface area contributed by atoms with Crippen molar-refractivity contribution in [3.05, 3.63) is 95.6 Å². The van der Waals surface area contributed by atoms with Crippen LogP contribution in [0.15, 0.2) is 73.3 Å². The number of allylic oxidation sites excluding steroid dienone is 2. The van der Waals surface area contributed by atoms with Gasteiger partial charge in [-0.25, -0.2) is 0 Å². The highest BCUT2D eigenvalue weighted by molar-refractivity contribution is 5.93. The van der Waals surface area contributed by atoms with Crippen molar-refractivity contribution in [1.82, 2.24) is 5.32 Å². The number of nitrogens with one attached hydrogen (secondary N) is 1. The molecule has 0 fully saturated rings. The maximum Gasteiger partial charge on any atom is 0.251 e. The third-order valence-electron chi connectivity index (χ3n) is 4.32. The van der Waals surface area contributed by atoms with E-state index in [9.17, 15) is 4.79 Å². The molecule has 2 aromatic rings. The largest absolute Gasteiger partial charge is 0.355 e. The lowest BCUT2D eigenvalue weighted by Crippen LogP contribution is -2.17. The third-order valence-corrected chi connectivity index (χ3v) is 4.32. The van der Waals surface area contributed by atoms with Gasteiger partial charge in [0.15, 0.2) is 0 Å². The van der Waals surface area contributed by atoms with Crippen LogP contribution in [0.3, 0.4) is 0 Å². The standard InChI is InChI=1S/C18H21NO.C6H10/c1-3-14-4-6-15(7-5-14)8-9-16-10-12-17(13-11-16)18(20)19-2;1-4-6(3)5-2/h4-7,10-13H,3,8-9H2,1-2H3,(H,19,20);4H,1,3,5H2,2H3. The molecule has 0 bridgehead atoms. The van der Waals surface area contributed by atoms with Crippen LogP contribution in [-0.4, -0.2) is 13.0 Å². The van der Waals surface area contributed by atoms with E-state index < -0.39 is 0 Å². The summed E-state index contributed by atoms with van der Waals surface area (Å²) in [7, 11) is 1.65. The van der Waals surface area contributed by atoms with Crippen LogP contribution in [0.1, 0.15) is 47.3 Å². The Balaban J connectivity index is 0.000000487. The fraction of sp³-hybridized carbons (Fsp3) is 0.292. The molecule has 0 heterocycles. The number of hydrogen-bond donors (Lipinski definition) is 1. The van der Waals surface area contributed by atoms with Gasteiger partial charge in [0, 0.05) is 12.6 Å². The van der Waals surface area contributed by atoms with Crippen LogP contribution in [0, 0.1) is 0 Å². The lowest BCUT2D eigenvalue weighted by atomic mass is 10.0. The van der Waals surface area contributed by atoms with E-state index in [0.29, 0.717) is 5.56 Å². The predicted octanol–water partition coefficient (Wildman–Crippen LogP) is 5.53. The lowest BCUT2D eigenvalue weighted by Gasteiger charge is -2.05. The second-order valence-electron chi connectivity index (χ2n) is 6.16. The number of hydrogen-bond acceptors (Lipinski definition) is 1. The average molecular weight is 350 g/mol. The first-order valence-electron chi connectivity index (χ1n) is 9.23. The number of carbonyl (C=O) groups excluding carboxylic acids is 1. The Bertz CT molecular complexity index is 696. The molecule has 1 N–H and O–H groups in total. The molecule has 2 nitrogen and oxygen atoms in total. The van der Waals surface area contributed by atoms with Crippen molar-refractivity contribution < 1.29 is 4.79 Å². The van der Waals surface area contributed by atoms with Gasteiger partial charge in [0.05, 0.1) is 0 Å². The average Bonchev–Trinajstić information content (AvgIpc) is 2.72. The maximum atomic E-state index is 11.5. The van der Waals surface area contributed by atoms with Gasteiger partial charge in [-0.2, -0.15) is 0 Å². The van der Waals surface area contributed by atoms with Gasteiger partial charge in [-0.15, -0.1) is 0 Å². The molecular formula is C24H31NO. The minimum absolute atomic E-state index is 0.0355. The van der Waals surface area contributed by atoms with E-state index in [0.717, 1.165) is 31.3 Å². The normalized spacial score (nSPS) is 9.65. The molecule has 138 valence electrons. The molecule has 2 heteroatoms. The molecule has 0 spiro atoms. The van der Waals surface area contributed by atoms with Crippen LogP contribution >= 0.6 is 0 Å². The van der Waals surface area contributed by atoms with Gasteiger partial charge in [-0.1, -0.05) is 75.1 Å². The second kappa shape index (κ2) is 11.9. The zero-order valence-corrected chi connectivity index (χ0v) is 16.3. The smallest absolute Gasteiger partial charge is 0.251 e. The van der Waals surface area contributed by atoms with Crippen LogP contribution in [0.5, 0.6) is 0 Å². The minimum atomic E-state index is -0.0355. The Kier molecular flexibility index (Phi) is 9.78. The van der Waals surface area contributed by atoms with E-state index >= 15 is 0 Å². The monoisotopic (exact) mass is 349 g/mol. The number of rotatable bonds is 7. The second-order valence-corrected chi connectivity index (χ2v) is 6.16. The van der Waals surface area contributed by atoms with Crippen LogP contribution < -0.4 is 5.32 Å². The molecular weight excluding hydrogens is 318 g/mol. The quantitative estimate of drug-likeness (QED) is 0.654. The molecule has 1 amide bonds. The number of benzene rings is 2. The van der Waals surface area contributed by atoms with E-state index in [1.165, 1.54) is 16.7 Å². The van der Waals surface area contributed by atoms with E-state index in [4.69, 9.17) is 0 Å². The molecule has 0 saturated carbocycles. The zero-order chi connectivity index (χ0) is 19.4. The van der Waals surface area contributed by atoms with Crippen molar-refractivity contribution >= 4 is 5.91 Å². The molecule has 0 aliphatic rings. The lowest BCUT2D eigenvalue weighted by molar-refractivity contribution is 0.0963. The molecule has 0 aliphatic heterocycles. The molecule has 26 heavy (non-hydrogen) atoms. The van der Waals surface area contributed by atoms with Crippen LogP contribution in [0.4, 0.5) is 0 Å². The van der Waals surface area contributed by atoms with Crippen molar-refractivity contribution in [2.45, 2.75) is 39.5 Å². The Morgan fingerprint density at radius 1 is 0.923 bits per heavy atom. The van der Waals surface area contributed by atoms with Crippen molar-refractivity contribution in [2.24, 2.45) is 0 Å². The molecule has 0 saturated heterocycles. The van der Waals surface area contributed by atoms with Gasteiger partial charge < -0.3 is 5.32 Å². The van der Waals surface area contributed by atoms with Crippen LogP contribution in [0.2, 0.25) is 0 Å². The Morgan fingerprint density at radius 3 is 1.73 bits per heavy atom. The zero-order valence-electron chi connectivity index (χ0n) is 16.3. The molecule has 2 rings (SSSR count). The summed E-state index contributed by atoms with van der Waals surface area (Å²) in [6.45, 7) is 11.4. The summed E-state index contributed by atoms with van der Waals surface area (Å²) >= 11 is 0. The third kappa shape index (κ3) is 7.52. The predicted molar refractivity (Wildman–Crippen MR) is 113 cm³/mol. The maximum absolute atomic E-state index is 11.5. The topological polar surface area (TPSA) is 29.1 Å². The highest BCUT2D eigenvalue weighted by Gasteiger charge is 2.02. The summed E-state index contributed by atoms with van der Waals surface area (Å²) in [6.07, 6.45) is 5.91. The van der Waals surface area contributed by atoms with Gasteiger partial charge in [0.25, 0.3) is 5.91 Å². The minimum Gasteiger partial charge on any atom is -0.355 e. The fourth-order valence-electron chi connectivity index (χ4n) is 2.34. The van der Waals surface area contributed by atoms with Gasteiger partial charge in [0.2, 0.25) is 0 Å². The van der Waals surface area contributed by atoms with Crippen LogP contribution in [0.25, 0.3) is 0 Å². The van der Waals surface area contributed by atoms with Crippen LogP contribution in [-0.2, 0) is 19.3 Å². The van der Waals surface area contributed by atoms with Gasteiger partial charge >= 0.3 is 0 Å². The van der Waals surface area contributed by atoms with E-state index in [-0.39, 0.29) is 5.91 Å². The summed E-state index contributed by atoms with van der Waals surface area (Å²) in [5, 5.41) is 2.63. The number of carbonyl (C=O) groups is 1. The first-order chi connectivity index (χ1) is 12.5. The Morgan fingerprint density at radius 2 is 1.38 bits per heavy atom. The molecule has 0 aliphatic carbocycles. The van der Waals surface area contributed by atoms with Gasteiger partial charge in [-0.3, -0.25) is 4.79 Å². The summed E-state index contributed by atoms with van der Waals surface area (Å²) in [5.74, 6) is -0.0355. The van der Waals surface area contributed by atoms with E-state index in [2.05, 4.69) is 56.6 Å².